The van der Waals surface area contributed by atoms with E-state index in [2.05, 4.69) is 67.0 Å². The lowest BCUT2D eigenvalue weighted by molar-refractivity contribution is 0.564. The molecule has 2 aromatic rings. The molecule has 1 aliphatic carbocycles. The lowest BCUT2D eigenvalue weighted by Gasteiger charge is -2.12. The van der Waals surface area contributed by atoms with Gasteiger partial charge in [-0.25, -0.2) is 0 Å². The van der Waals surface area contributed by atoms with Gasteiger partial charge < -0.3 is 5.32 Å². The third-order valence-electron chi connectivity index (χ3n) is 3.77. The molecule has 0 saturated carbocycles. The molecule has 0 aliphatic heterocycles. The Bertz CT molecular complexity index is 504. The number of fused-ring (bicyclic) bond motifs is 1. The molecule has 2 aromatic carbocycles. The Morgan fingerprint density at radius 2 is 1.53 bits per heavy atom. The summed E-state index contributed by atoms with van der Waals surface area (Å²) < 4.78 is 0. The van der Waals surface area contributed by atoms with Gasteiger partial charge in [-0.15, -0.1) is 0 Å². The molecule has 1 N–H and O–H groups in total. The third kappa shape index (κ3) is 1.77. The van der Waals surface area contributed by atoms with E-state index in [9.17, 15) is 0 Å². The van der Waals surface area contributed by atoms with E-state index in [0.717, 1.165) is 0 Å². The van der Waals surface area contributed by atoms with Gasteiger partial charge in [0.05, 0.1) is 0 Å². The predicted octanol–water partition coefficient (Wildman–Crippen LogP) is 3.48. The van der Waals surface area contributed by atoms with Gasteiger partial charge in [0.2, 0.25) is 0 Å². The maximum Gasteiger partial charge on any atom is 0.0329 e. The molecule has 1 nitrogen and oxygen atoms in total. The lowest BCUT2D eigenvalue weighted by atomic mass is 9.93. The number of hydrogen-bond donors (Lipinski definition) is 1. The number of benzene rings is 2. The standard InChI is InChI=1S/C16H17N/c1-17-16-11-15(12-7-3-2-4-8-12)13-9-5-6-10-14(13)16/h2-10,15-17H,11H2,1H3/t15-,16+/m0/s1. The molecule has 3 rings (SSSR count). The van der Waals surface area contributed by atoms with Gasteiger partial charge >= 0.3 is 0 Å². The van der Waals surface area contributed by atoms with Gasteiger partial charge in [-0.3, -0.25) is 0 Å². The van der Waals surface area contributed by atoms with Gasteiger partial charge in [0, 0.05) is 12.0 Å². The van der Waals surface area contributed by atoms with Crippen LogP contribution in [0.5, 0.6) is 0 Å². The highest BCUT2D eigenvalue weighted by Crippen LogP contribution is 2.43. The van der Waals surface area contributed by atoms with Crippen LogP contribution in [0.1, 0.15) is 35.1 Å². The van der Waals surface area contributed by atoms with Crippen molar-refractivity contribution in [1.82, 2.24) is 5.32 Å². The minimum atomic E-state index is 0.497. The Labute approximate surface area is 102 Å². The second-order valence-electron chi connectivity index (χ2n) is 4.67. The summed E-state index contributed by atoms with van der Waals surface area (Å²) in [6, 6.07) is 20.1. The van der Waals surface area contributed by atoms with E-state index in [1.54, 1.807) is 0 Å². The molecule has 0 spiro atoms. The zero-order valence-corrected chi connectivity index (χ0v) is 10.1. The average Bonchev–Trinajstić information content (AvgIpc) is 2.78. The Kier molecular flexibility index (Phi) is 2.69. The van der Waals surface area contributed by atoms with Crippen molar-refractivity contribution in [1.29, 1.82) is 0 Å². The first-order chi connectivity index (χ1) is 8.40. The summed E-state index contributed by atoms with van der Waals surface area (Å²) in [5.74, 6) is 0.546. The van der Waals surface area contributed by atoms with Crippen LogP contribution in [0.25, 0.3) is 0 Å². The van der Waals surface area contributed by atoms with E-state index in [-0.39, 0.29) is 0 Å². The highest BCUT2D eigenvalue weighted by Gasteiger charge is 2.30. The highest BCUT2D eigenvalue weighted by molar-refractivity contribution is 5.44. The summed E-state index contributed by atoms with van der Waals surface area (Å²) in [6.07, 6.45) is 1.17. The fourth-order valence-electron chi connectivity index (χ4n) is 2.91. The summed E-state index contributed by atoms with van der Waals surface area (Å²) in [4.78, 5) is 0. The van der Waals surface area contributed by atoms with Crippen LogP contribution in [0.3, 0.4) is 0 Å². The average molecular weight is 223 g/mol. The molecule has 0 unspecified atom stereocenters. The Balaban J connectivity index is 2.05. The molecule has 0 fully saturated rings. The van der Waals surface area contributed by atoms with E-state index >= 15 is 0 Å². The van der Waals surface area contributed by atoms with Crippen LogP contribution in [0.15, 0.2) is 54.6 Å². The second-order valence-corrected chi connectivity index (χ2v) is 4.67. The lowest BCUT2D eigenvalue weighted by Crippen LogP contribution is -2.13. The van der Waals surface area contributed by atoms with Gasteiger partial charge in [-0.2, -0.15) is 0 Å². The summed E-state index contributed by atoms with van der Waals surface area (Å²) in [6.45, 7) is 0. The van der Waals surface area contributed by atoms with Crippen molar-refractivity contribution in [2.24, 2.45) is 0 Å². The van der Waals surface area contributed by atoms with Crippen molar-refractivity contribution in [3.8, 4) is 0 Å². The predicted molar refractivity (Wildman–Crippen MR) is 71.1 cm³/mol. The molecule has 17 heavy (non-hydrogen) atoms. The molecule has 1 heteroatoms. The molecule has 0 heterocycles. The fraction of sp³-hybridized carbons (Fsp3) is 0.250. The van der Waals surface area contributed by atoms with Crippen LogP contribution in [0.4, 0.5) is 0 Å². The first kappa shape index (κ1) is 10.5. The molecule has 0 bridgehead atoms. The minimum Gasteiger partial charge on any atom is -0.313 e. The summed E-state index contributed by atoms with van der Waals surface area (Å²) >= 11 is 0. The second kappa shape index (κ2) is 4.34. The summed E-state index contributed by atoms with van der Waals surface area (Å²) in [5.41, 5.74) is 4.37. The maximum atomic E-state index is 3.42. The van der Waals surface area contributed by atoms with Crippen molar-refractivity contribution >= 4 is 0 Å². The number of rotatable bonds is 2. The molecule has 2 atom stereocenters. The molecule has 86 valence electrons. The van der Waals surface area contributed by atoms with Crippen LogP contribution in [-0.4, -0.2) is 7.05 Å². The van der Waals surface area contributed by atoms with Crippen LogP contribution in [0, 0.1) is 0 Å². The van der Waals surface area contributed by atoms with Gasteiger partial charge in [0.15, 0.2) is 0 Å². The summed E-state index contributed by atoms with van der Waals surface area (Å²) in [5, 5.41) is 3.42. The highest BCUT2D eigenvalue weighted by atomic mass is 14.9. The van der Waals surface area contributed by atoms with E-state index in [4.69, 9.17) is 0 Å². The summed E-state index contributed by atoms with van der Waals surface area (Å²) in [7, 11) is 2.05. The number of nitrogens with one attached hydrogen (secondary N) is 1. The number of hydrogen-bond acceptors (Lipinski definition) is 1. The van der Waals surface area contributed by atoms with Gasteiger partial charge in [-0.05, 0) is 30.2 Å². The smallest absolute Gasteiger partial charge is 0.0329 e. The molecule has 1 aliphatic rings. The third-order valence-corrected chi connectivity index (χ3v) is 3.77. The van der Waals surface area contributed by atoms with Gasteiger partial charge in [0.1, 0.15) is 0 Å². The van der Waals surface area contributed by atoms with E-state index in [1.807, 2.05) is 0 Å². The Morgan fingerprint density at radius 3 is 2.24 bits per heavy atom. The minimum absolute atomic E-state index is 0.497. The van der Waals surface area contributed by atoms with Crippen LogP contribution < -0.4 is 5.32 Å². The van der Waals surface area contributed by atoms with Crippen LogP contribution >= 0.6 is 0 Å². The maximum absolute atomic E-state index is 3.42. The molecular weight excluding hydrogens is 206 g/mol. The molecular formula is C16H17N. The van der Waals surface area contributed by atoms with Gasteiger partial charge in [0.25, 0.3) is 0 Å². The SMILES string of the molecule is CN[C@@H]1C[C@@H](c2ccccc2)c2ccccc21. The Morgan fingerprint density at radius 1 is 0.882 bits per heavy atom. The molecule has 0 aromatic heterocycles. The first-order valence-corrected chi connectivity index (χ1v) is 6.21. The largest absolute Gasteiger partial charge is 0.313 e. The normalized spacial score (nSPS) is 22.4. The van der Waals surface area contributed by atoms with Crippen molar-refractivity contribution in [2.45, 2.75) is 18.4 Å². The van der Waals surface area contributed by atoms with Crippen LogP contribution in [0.2, 0.25) is 0 Å². The van der Waals surface area contributed by atoms with E-state index in [0.29, 0.717) is 12.0 Å². The molecule has 0 saturated heterocycles. The van der Waals surface area contributed by atoms with Gasteiger partial charge in [-0.1, -0.05) is 54.6 Å². The van der Waals surface area contributed by atoms with Crippen molar-refractivity contribution in [3.63, 3.8) is 0 Å². The topological polar surface area (TPSA) is 12.0 Å². The first-order valence-electron chi connectivity index (χ1n) is 6.21. The van der Waals surface area contributed by atoms with Crippen molar-refractivity contribution < 1.29 is 0 Å². The Hall–Kier alpha value is -1.60. The fourth-order valence-corrected chi connectivity index (χ4v) is 2.91. The van der Waals surface area contributed by atoms with E-state index < -0.39 is 0 Å². The zero-order valence-electron chi connectivity index (χ0n) is 10.1. The molecule has 0 radical (unpaired) electrons. The van der Waals surface area contributed by atoms with Crippen molar-refractivity contribution in [2.75, 3.05) is 7.05 Å². The van der Waals surface area contributed by atoms with Crippen molar-refractivity contribution in [3.05, 3.63) is 71.3 Å². The quantitative estimate of drug-likeness (QED) is 0.822. The zero-order chi connectivity index (χ0) is 11.7. The monoisotopic (exact) mass is 223 g/mol. The van der Waals surface area contributed by atoms with Crippen LogP contribution in [-0.2, 0) is 0 Å². The molecule has 0 amide bonds. The van der Waals surface area contributed by atoms with E-state index in [1.165, 1.54) is 23.1 Å².